The van der Waals surface area contributed by atoms with Crippen LogP contribution in [0.15, 0.2) is 29.4 Å². The van der Waals surface area contributed by atoms with Gasteiger partial charge in [0.1, 0.15) is 0 Å². The lowest BCUT2D eigenvalue weighted by Crippen LogP contribution is -2.38. The van der Waals surface area contributed by atoms with E-state index >= 15 is 0 Å². The van der Waals surface area contributed by atoms with E-state index in [-0.39, 0.29) is 5.78 Å². The Morgan fingerprint density at radius 3 is 2.80 bits per heavy atom. The van der Waals surface area contributed by atoms with E-state index in [4.69, 9.17) is 16.3 Å². The monoisotopic (exact) mass is 378 g/mol. The van der Waals surface area contributed by atoms with Gasteiger partial charge in [-0.3, -0.25) is 9.36 Å². The summed E-state index contributed by atoms with van der Waals surface area (Å²) in [4.78, 5) is 14.6. The van der Waals surface area contributed by atoms with Crippen LogP contribution in [0.25, 0.3) is 0 Å². The van der Waals surface area contributed by atoms with E-state index in [0.717, 1.165) is 37.0 Å². The Bertz CT molecular complexity index is 772. The summed E-state index contributed by atoms with van der Waals surface area (Å²) < 4.78 is 7.62. The molecule has 1 aliphatic carbocycles. The van der Waals surface area contributed by atoms with Crippen LogP contribution in [0.5, 0.6) is 0 Å². The summed E-state index contributed by atoms with van der Waals surface area (Å²) in [6, 6.07) is 7.51. The number of halogens is 1. The maximum atomic E-state index is 12.4. The van der Waals surface area contributed by atoms with Crippen LogP contribution in [0.4, 0.5) is 5.95 Å². The molecule has 0 N–H and O–H groups in total. The fraction of sp³-hybridized carbons (Fsp3) is 0.471. The van der Waals surface area contributed by atoms with Crippen LogP contribution >= 0.6 is 23.4 Å². The Hall–Kier alpha value is -1.57. The van der Waals surface area contributed by atoms with Crippen molar-refractivity contribution in [3.63, 3.8) is 0 Å². The van der Waals surface area contributed by atoms with Gasteiger partial charge in [0.05, 0.1) is 19.0 Å². The fourth-order valence-electron chi connectivity index (χ4n) is 2.87. The van der Waals surface area contributed by atoms with Gasteiger partial charge < -0.3 is 9.64 Å². The smallest absolute Gasteiger partial charge is 0.228 e. The Morgan fingerprint density at radius 1 is 1.28 bits per heavy atom. The second-order valence-electron chi connectivity index (χ2n) is 6.21. The number of rotatable bonds is 6. The van der Waals surface area contributed by atoms with Crippen molar-refractivity contribution in [1.82, 2.24) is 14.8 Å². The standard InChI is InChI=1S/C17H19ClN4O2S/c18-13-3-1-2-12(10-13)15(23)11-25-17-20-19-16(22(17)14-4-5-14)21-6-8-24-9-7-21/h1-3,10,14H,4-9,11H2. The summed E-state index contributed by atoms with van der Waals surface area (Å²) in [6.07, 6.45) is 2.29. The third-order valence-electron chi connectivity index (χ3n) is 4.33. The van der Waals surface area contributed by atoms with Gasteiger partial charge in [-0.15, -0.1) is 10.2 Å². The Morgan fingerprint density at radius 2 is 2.08 bits per heavy atom. The van der Waals surface area contributed by atoms with E-state index in [1.54, 1.807) is 24.3 Å². The zero-order valence-electron chi connectivity index (χ0n) is 13.7. The number of nitrogens with zero attached hydrogens (tertiary/aromatic N) is 4. The molecule has 2 fully saturated rings. The number of anilines is 1. The molecule has 132 valence electrons. The lowest BCUT2D eigenvalue weighted by atomic mass is 10.1. The largest absolute Gasteiger partial charge is 0.378 e. The van der Waals surface area contributed by atoms with Gasteiger partial charge in [-0.2, -0.15) is 0 Å². The first-order chi connectivity index (χ1) is 12.2. The highest BCUT2D eigenvalue weighted by atomic mass is 35.5. The van der Waals surface area contributed by atoms with Crippen molar-refractivity contribution in [1.29, 1.82) is 0 Å². The number of carbonyl (C=O) groups is 1. The summed E-state index contributed by atoms with van der Waals surface area (Å²) in [5, 5.41) is 10.1. The van der Waals surface area contributed by atoms with Crippen LogP contribution in [0.2, 0.25) is 5.02 Å². The number of benzene rings is 1. The Kier molecular flexibility index (Phi) is 4.96. The molecule has 25 heavy (non-hydrogen) atoms. The summed E-state index contributed by atoms with van der Waals surface area (Å²) in [5.74, 6) is 1.28. The number of ether oxygens (including phenoxy) is 1. The molecule has 2 aromatic rings. The van der Waals surface area contributed by atoms with Gasteiger partial charge in [0.25, 0.3) is 0 Å². The molecule has 1 aromatic carbocycles. The summed E-state index contributed by atoms with van der Waals surface area (Å²) in [6.45, 7) is 3.09. The highest BCUT2D eigenvalue weighted by molar-refractivity contribution is 7.99. The molecule has 0 spiro atoms. The van der Waals surface area contributed by atoms with Crippen molar-refractivity contribution in [2.75, 3.05) is 37.0 Å². The van der Waals surface area contributed by atoms with Crippen molar-refractivity contribution in [2.45, 2.75) is 24.0 Å². The maximum Gasteiger partial charge on any atom is 0.228 e. The van der Waals surface area contributed by atoms with Crippen LogP contribution in [-0.4, -0.2) is 52.6 Å². The number of thioether (sulfide) groups is 1. The average molecular weight is 379 g/mol. The van der Waals surface area contributed by atoms with E-state index in [0.29, 0.717) is 35.6 Å². The van der Waals surface area contributed by atoms with Crippen molar-refractivity contribution >= 4 is 35.1 Å². The molecule has 0 bridgehead atoms. The molecule has 0 amide bonds. The van der Waals surface area contributed by atoms with Gasteiger partial charge in [-0.05, 0) is 25.0 Å². The highest BCUT2D eigenvalue weighted by Gasteiger charge is 2.32. The number of hydrogen-bond donors (Lipinski definition) is 0. The van der Waals surface area contributed by atoms with E-state index in [9.17, 15) is 4.79 Å². The van der Waals surface area contributed by atoms with Crippen molar-refractivity contribution in [3.05, 3.63) is 34.9 Å². The first-order valence-corrected chi connectivity index (χ1v) is 9.78. The molecule has 4 rings (SSSR count). The number of hydrogen-bond acceptors (Lipinski definition) is 6. The quantitative estimate of drug-likeness (QED) is 0.568. The van der Waals surface area contributed by atoms with Crippen LogP contribution in [0, 0.1) is 0 Å². The second kappa shape index (κ2) is 7.35. The first kappa shape index (κ1) is 16.9. The molecule has 1 aromatic heterocycles. The number of Topliss-reactive ketones (excluding diaryl/α,β-unsaturated/α-hetero) is 1. The summed E-state index contributed by atoms with van der Waals surface area (Å²) >= 11 is 7.42. The highest BCUT2D eigenvalue weighted by Crippen LogP contribution is 2.41. The third-order valence-corrected chi connectivity index (χ3v) is 5.51. The molecular formula is C17H19ClN4O2S. The minimum Gasteiger partial charge on any atom is -0.378 e. The van der Waals surface area contributed by atoms with Crippen LogP contribution in [0.3, 0.4) is 0 Å². The Balaban J connectivity index is 1.49. The summed E-state index contributed by atoms with van der Waals surface area (Å²) in [7, 11) is 0. The lowest BCUT2D eigenvalue weighted by Gasteiger charge is -2.27. The predicted molar refractivity (Wildman–Crippen MR) is 97.8 cm³/mol. The zero-order valence-corrected chi connectivity index (χ0v) is 15.3. The number of aromatic nitrogens is 3. The van der Waals surface area contributed by atoms with Gasteiger partial charge >= 0.3 is 0 Å². The molecule has 2 heterocycles. The minimum absolute atomic E-state index is 0.0470. The molecule has 1 saturated heterocycles. The number of ketones is 1. The second-order valence-corrected chi connectivity index (χ2v) is 7.58. The maximum absolute atomic E-state index is 12.4. The Labute approximate surface area is 155 Å². The predicted octanol–water partition coefficient (Wildman–Crippen LogP) is 3.08. The van der Waals surface area contributed by atoms with E-state index in [2.05, 4.69) is 19.7 Å². The number of morpholine rings is 1. The molecule has 6 nitrogen and oxygen atoms in total. The van der Waals surface area contributed by atoms with Crippen LogP contribution < -0.4 is 4.90 Å². The average Bonchev–Trinajstić information content (AvgIpc) is 3.39. The molecule has 2 aliphatic rings. The zero-order chi connectivity index (χ0) is 17.2. The van der Waals surface area contributed by atoms with E-state index in [1.165, 1.54) is 11.8 Å². The molecule has 1 aliphatic heterocycles. The van der Waals surface area contributed by atoms with E-state index in [1.807, 2.05) is 0 Å². The minimum atomic E-state index is 0.0470. The number of carbonyl (C=O) groups excluding carboxylic acids is 1. The van der Waals surface area contributed by atoms with Gasteiger partial charge in [0.15, 0.2) is 10.9 Å². The van der Waals surface area contributed by atoms with Gasteiger partial charge in [-0.1, -0.05) is 35.5 Å². The van der Waals surface area contributed by atoms with Crippen molar-refractivity contribution in [2.24, 2.45) is 0 Å². The van der Waals surface area contributed by atoms with E-state index < -0.39 is 0 Å². The molecule has 8 heteroatoms. The lowest BCUT2D eigenvalue weighted by molar-refractivity contribution is 0.102. The van der Waals surface area contributed by atoms with Gasteiger partial charge in [-0.25, -0.2) is 0 Å². The molecule has 0 atom stereocenters. The SMILES string of the molecule is O=C(CSc1nnc(N2CCOCC2)n1C1CC1)c1cccc(Cl)c1. The molecule has 0 radical (unpaired) electrons. The first-order valence-electron chi connectivity index (χ1n) is 8.41. The fourth-order valence-corrected chi connectivity index (χ4v) is 3.96. The van der Waals surface area contributed by atoms with Crippen molar-refractivity contribution in [3.8, 4) is 0 Å². The molecule has 0 unspecified atom stereocenters. The molecule has 1 saturated carbocycles. The molecular weight excluding hydrogens is 360 g/mol. The summed E-state index contributed by atoms with van der Waals surface area (Å²) in [5.41, 5.74) is 0.630. The van der Waals surface area contributed by atoms with Crippen LogP contribution in [0.1, 0.15) is 29.2 Å². The third kappa shape index (κ3) is 3.83. The van der Waals surface area contributed by atoms with Crippen molar-refractivity contribution < 1.29 is 9.53 Å². The van der Waals surface area contributed by atoms with Crippen LogP contribution in [-0.2, 0) is 4.74 Å². The van der Waals surface area contributed by atoms with Gasteiger partial charge in [0, 0.05) is 29.7 Å². The normalized spacial score (nSPS) is 17.7. The van der Waals surface area contributed by atoms with Gasteiger partial charge in [0.2, 0.25) is 5.95 Å². The topological polar surface area (TPSA) is 60.3 Å².